The number of carbonyl (C=O) groups is 1. The second-order valence-corrected chi connectivity index (χ2v) is 5.14. The van der Waals surface area contributed by atoms with E-state index in [-0.39, 0.29) is 24.5 Å². The fraction of sp³-hybridized carbons (Fsp3) is 0.917. The Balaban J connectivity index is 1.91. The summed E-state index contributed by atoms with van der Waals surface area (Å²) in [6.07, 6.45) is 4.84. The lowest BCUT2D eigenvalue weighted by Gasteiger charge is -2.26. The molecule has 1 aliphatic heterocycles. The quantitative estimate of drug-likeness (QED) is 0.751. The minimum Gasteiger partial charge on any atom is -0.396 e. The molecule has 0 spiro atoms. The van der Waals surface area contributed by atoms with Crippen LogP contribution in [0.5, 0.6) is 0 Å². The zero-order valence-corrected chi connectivity index (χ0v) is 9.87. The largest absolute Gasteiger partial charge is 0.396 e. The van der Waals surface area contributed by atoms with Gasteiger partial charge in [-0.3, -0.25) is 4.79 Å². The SMILES string of the molecule is CC1(C(=O)NC2CCCC2CO)CCCO1. The lowest BCUT2D eigenvalue weighted by atomic mass is 9.99. The van der Waals surface area contributed by atoms with Gasteiger partial charge in [0.05, 0.1) is 0 Å². The van der Waals surface area contributed by atoms with Crippen LogP contribution >= 0.6 is 0 Å². The Kier molecular flexibility index (Phi) is 3.50. The van der Waals surface area contributed by atoms with E-state index < -0.39 is 5.60 Å². The highest BCUT2D eigenvalue weighted by Gasteiger charge is 2.40. The normalized spacial score (nSPS) is 38.9. The van der Waals surface area contributed by atoms with Crippen LogP contribution in [0.1, 0.15) is 39.0 Å². The molecule has 4 heteroatoms. The van der Waals surface area contributed by atoms with E-state index in [1.165, 1.54) is 0 Å². The highest BCUT2D eigenvalue weighted by atomic mass is 16.5. The molecule has 0 radical (unpaired) electrons. The van der Waals surface area contributed by atoms with E-state index in [0.29, 0.717) is 6.61 Å². The van der Waals surface area contributed by atoms with E-state index in [4.69, 9.17) is 4.74 Å². The van der Waals surface area contributed by atoms with Crippen molar-refractivity contribution in [1.29, 1.82) is 0 Å². The Labute approximate surface area is 96.4 Å². The number of ether oxygens (including phenoxy) is 1. The second-order valence-electron chi connectivity index (χ2n) is 5.14. The molecule has 3 unspecified atom stereocenters. The average molecular weight is 227 g/mol. The van der Waals surface area contributed by atoms with Crippen LogP contribution in [0.4, 0.5) is 0 Å². The van der Waals surface area contributed by atoms with Crippen molar-refractivity contribution >= 4 is 5.91 Å². The first-order valence-electron chi connectivity index (χ1n) is 6.21. The lowest BCUT2D eigenvalue weighted by Crippen LogP contribution is -2.49. The van der Waals surface area contributed by atoms with E-state index in [1.54, 1.807) is 0 Å². The Morgan fingerprint density at radius 2 is 2.31 bits per heavy atom. The topological polar surface area (TPSA) is 58.6 Å². The van der Waals surface area contributed by atoms with Crippen molar-refractivity contribution < 1.29 is 14.6 Å². The van der Waals surface area contributed by atoms with Gasteiger partial charge in [-0.25, -0.2) is 0 Å². The maximum atomic E-state index is 12.1. The van der Waals surface area contributed by atoms with Crippen LogP contribution in [0, 0.1) is 5.92 Å². The van der Waals surface area contributed by atoms with E-state index in [1.807, 2.05) is 6.92 Å². The number of nitrogens with one attached hydrogen (secondary N) is 1. The van der Waals surface area contributed by atoms with Gasteiger partial charge in [-0.2, -0.15) is 0 Å². The number of aliphatic hydroxyl groups excluding tert-OH is 1. The second kappa shape index (κ2) is 4.72. The first kappa shape index (κ1) is 11.9. The van der Waals surface area contributed by atoms with Crippen molar-refractivity contribution in [2.24, 2.45) is 5.92 Å². The highest BCUT2D eigenvalue weighted by Crippen LogP contribution is 2.29. The van der Waals surface area contributed by atoms with Crippen molar-refractivity contribution in [2.45, 2.75) is 50.7 Å². The number of hydrogen-bond acceptors (Lipinski definition) is 3. The van der Waals surface area contributed by atoms with Gasteiger partial charge in [-0.1, -0.05) is 6.42 Å². The number of rotatable bonds is 3. The molecule has 1 aliphatic carbocycles. The van der Waals surface area contributed by atoms with Crippen molar-refractivity contribution in [3.05, 3.63) is 0 Å². The molecule has 92 valence electrons. The van der Waals surface area contributed by atoms with Gasteiger partial charge in [0.15, 0.2) is 0 Å². The molecule has 4 nitrogen and oxygen atoms in total. The van der Waals surface area contributed by atoms with Gasteiger partial charge in [0.2, 0.25) is 0 Å². The van der Waals surface area contributed by atoms with Gasteiger partial charge in [-0.05, 0) is 32.6 Å². The monoisotopic (exact) mass is 227 g/mol. The minimum absolute atomic E-state index is 0.00431. The summed E-state index contributed by atoms with van der Waals surface area (Å²) < 4.78 is 5.51. The van der Waals surface area contributed by atoms with Crippen molar-refractivity contribution in [3.8, 4) is 0 Å². The fourth-order valence-corrected chi connectivity index (χ4v) is 2.72. The Morgan fingerprint density at radius 1 is 1.50 bits per heavy atom. The maximum Gasteiger partial charge on any atom is 0.252 e. The molecule has 1 amide bonds. The highest BCUT2D eigenvalue weighted by molar-refractivity contribution is 5.85. The van der Waals surface area contributed by atoms with E-state index in [0.717, 1.165) is 32.1 Å². The molecule has 1 heterocycles. The molecular formula is C12H21NO3. The molecule has 2 rings (SSSR count). The van der Waals surface area contributed by atoms with Gasteiger partial charge >= 0.3 is 0 Å². The Bertz CT molecular complexity index is 261. The molecule has 2 N–H and O–H groups in total. The zero-order valence-electron chi connectivity index (χ0n) is 9.87. The van der Waals surface area contributed by atoms with Crippen LogP contribution in [0.3, 0.4) is 0 Å². The average Bonchev–Trinajstić information content (AvgIpc) is 2.87. The molecule has 0 aromatic rings. The summed E-state index contributed by atoms with van der Waals surface area (Å²) in [6.45, 7) is 2.71. The predicted molar refractivity (Wildman–Crippen MR) is 59.9 cm³/mol. The van der Waals surface area contributed by atoms with Crippen LogP contribution in [-0.2, 0) is 9.53 Å². The van der Waals surface area contributed by atoms with Crippen LogP contribution in [0.2, 0.25) is 0 Å². The van der Waals surface area contributed by atoms with Gasteiger partial charge in [0.25, 0.3) is 5.91 Å². The third-order valence-electron chi connectivity index (χ3n) is 3.91. The molecule has 0 aromatic carbocycles. The van der Waals surface area contributed by atoms with Crippen molar-refractivity contribution in [1.82, 2.24) is 5.32 Å². The Morgan fingerprint density at radius 3 is 2.94 bits per heavy atom. The zero-order chi connectivity index (χ0) is 11.6. The van der Waals surface area contributed by atoms with E-state index in [9.17, 15) is 9.90 Å². The standard InChI is InChI=1S/C12H21NO3/c1-12(6-3-7-16-12)11(15)13-10-5-2-4-9(10)8-14/h9-10,14H,2-8H2,1H3,(H,13,15). The molecule has 0 bridgehead atoms. The number of aliphatic hydroxyl groups is 1. The van der Waals surface area contributed by atoms with Gasteiger partial charge in [0.1, 0.15) is 5.60 Å². The van der Waals surface area contributed by atoms with Gasteiger partial charge in [-0.15, -0.1) is 0 Å². The summed E-state index contributed by atoms with van der Waals surface area (Å²) >= 11 is 0. The molecule has 0 aromatic heterocycles. The molecular weight excluding hydrogens is 206 g/mol. The number of amides is 1. The van der Waals surface area contributed by atoms with Crippen molar-refractivity contribution in [3.63, 3.8) is 0 Å². The van der Waals surface area contributed by atoms with Crippen LogP contribution < -0.4 is 5.32 Å². The van der Waals surface area contributed by atoms with Crippen molar-refractivity contribution in [2.75, 3.05) is 13.2 Å². The summed E-state index contributed by atoms with van der Waals surface area (Å²) in [5.41, 5.74) is -0.636. The summed E-state index contributed by atoms with van der Waals surface area (Å²) in [5, 5.41) is 12.2. The molecule has 3 atom stereocenters. The number of carbonyl (C=O) groups excluding carboxylic acids is 1. The fourth-order valence-electron chi connectivity index (χ4n) is 2.72. The first-order chi connectivity index (χ1) is 7.65. The maximum absolute atomic E-state index is 12.1. The van der Waals surface area contributed by atoms with Crippen LogP contribution in [0.15, 0.2) is 0 Å². The van der Waals surface area contributed by atoms with E-state index >= 15 is 0 Å². The first-order valence-corrected chi connectivity index (χ1v) is 6.21. The van der Waals surface area contributed by atoms with Gasteiger partial charge in [0, 0.05) is 25.2 Å². The summed E-state index contributed by atoms with van der Waals surface area (Å²) in [7, 11) is 0. The molecule has 2 aliphatic rings. The summed E-state index contributed by atoms with van der Waals surface area (Å²) in [6, 6.07) is 0.138. The number of hydrogen-bond donors (Lipinski definition) is 2. The predicted octanol–water partition coefficient (Wildman–Crippen LogP) is 0.833. The lowest BCUT2D eigenvalue weighted by molar-refractivity contribution is -0.140. The Hall–Kier alpha value is -0.610. The van der Waals surface area contributed by atoms with Crippen LogP contribution in [0.25, 0.3) is 0 Å². The third kappa shape index (κ3) is 2.23. The van der Waals surface area contributed by atoms with Gasteiger partial charge < -0.3 is 15.2 Å². The molecule has 1 saturated heterocycles. The summed E-state index contributed by atoms with van der Waals surface area (Å²) in [5.74, 6) is 0.226. The van der Waals surface area contributed by atoms with Crippen LogP contribution in [-0.4, -0.2) is 35.9 Å². The molecule has 16 heavy (non-hydrogen) atoms. The summed E-state index contributed by atoms with van der Waals surface area (Å²) in [4.78, 5) is 12.1. The minimum atomic E-state index is -0.636. The molecule has 1 saturated carbocycles. The van der Waals surface area contributed by atoms with E-state index in [2.05, 4.69) is 5.32 Å². The smallest absolute Gasteiger partial charge is 0.252 e. The third-order valence-corrected chi connectivity index (χ3v) is 3.91. The molecule has 2 fully saturated rings.